The zero-order chi connectivity index (χ0) is 9.61. The minimum atomic E-state index is -3.23. The summed E-state index contributed by atoms with van der Waals surface area (Å²) in [4.78, 5) is 0. The molecular formula is C6H15BrN2O2S. The molecule has 0 unspecified atom stereocenters. The molecule has 0 aliphatic rings. The molecule has 0 radical (unpaired) electrons. The number of nitrogens with zero attached hydrogens (tertiary/aromatic N) is 1. The van der Waals surface area contributed by atoms with Gasteiger partial charge in [0.1, 0.15) is 0 Å². The Bertz CT molecular complexity index is 202. The van der Waals surface area contributed by atoms with Gasteiger partial charge in [0.15, 0.2) is 0 Å². The third kappa shape index (κ3) is 3.84. The Morgan fingerprint density at radius 1 is 1.33 bits per heavy atom. The number of hydrogen-bond acceptors (Lipinski definition) is 2. The summed E-state index contributed by atoms with van der Waals surface area (Å²) >= 11 is 3.15. The second-order valence-electron chi connectivity index (χ2n) is 2.17. The van der Waals surface area contributed by atoms with Crippen LogP contribution in [0, 0.1) is 0 Å². The Labute approximate surface area is 82.6 Å². The fourth-order valence-electron chi connectivity index (χ4n) is 0.822. The molecule has 0 aromatic heterocycles. The lowest BCUT2D eigenvalue weighted by Crippen LogP contribution is -2.41. The van der Waals surface area contributed by atoms with Gasteiger partial charge in [-0.15, -0.1) is 0 Å². The van der Waals surface area contributed by atoms with Crippen molar-refractivity contribution in [3.63, 3.8) is 0 Å². The van der Waals surface area contributed by atoms with E-state index in [1.165, 1.54) is 4.31 Å². The molecule has 74 valence electrons. The van der Waals surface area contributed by atoms with E-state index in [4.69, 9.17) is 0 Å². The van der Waals surface area contributed by atoms with Crippen LogP contribution in [0.4, 0.5) is 0 Å². The summed E-state index contributed by atoms with van der Waals surface area (Å²) in [7, 11) is -3.23. The van der Waals surface area contributed by atoms with Crippen LogP contribution in [0.15, 0.2) is 0 Å². The van der Waals surface area contributed by atoms with E-state index >= 15 is 0 Å². The maximum absolute atomic E-state index is 11.3. The van der Waals surface area contributed by atoms with Crippen molar-refractivity contribution < 1.29 is 8.42 Å². The predicted octanol–water partition coefficient (Wildman–Crippen LogP) is 0.558. The maximum Gasteiger partial charge on any atom is 0.279 e. The van der Waals surface area contributed by atoms with Crippen molar-refractivity contribution in [1.82, 2.24) is 9.03 Å². The van der Waals surface area contributed by atoms with Gasteiger partial charge in [0.05, 0.1) is 0 Å². The normalized spacial score (nSPS) is 12.3. The van der Waals surface area contributed by atoms with E-state index < -0.39 is 10.2 Å². The van der Waals surface area contributed by atoms with Crippen LogP contribution < -0.4 is 4.72 Å². The van der Waals surface area contributed by atoms with Crippen LogP contribution in [0.25, 0.3) is 0 Å². The molecular weight excluding hydrogens is 244 g/mol. The van der Waals surface area contributed by atoms with E-state index in [-0.39, 0.29) is 0 Å². The van der Waals surface area contributed by atoms with Crippen LogP contribution in [-0.4, -0.2) is 37.7 Å². The van der Waals surface area contributed by atoms with Gasteiger partial charge in [0.25, 0.3) is 10.2 Å². The second-order valence-corrected chi connectivity index (χ2v) is 4.72. The molecule has 4 nitrogen and oxygen atoms in total. The largest absolute Gasteiger partial charge is 0.279 e. The van der Waals surface area contributed by atoms with Gasteiger partial charge in [0.2, 0.25) is 0 Å². The van der Waals surface area contributed by atoms with Crippen molar-refractivity contribution >= 4 is 26.1 Å². The molecule has 0 spiro atoms. The second kappa shape index (κ2) is 5.90. The summed E-state index contributed by atoms with van der Waals surface area (Å²) < 4.78 is 26.5. The lowest BCUT2D eigenvalue weighted by atomic mass is 10.7. The molecule has 0 rings (SSSR count). The summed E-state index contributed by atoms with van der Waals surface area (Å²) in [6.45, 7) is 5.08. The van der Waals surface area contributed by atoms with Gasteiger partial charge in [-0.3, -0.25) is 0 Å². The van der Waals surface area contributed by atoms with Crippen LogP contribution in [0.5, 0.6) is 0 Å². The van der Waals surface area contributed by atoms with Crippen LogP contribution in [0.2, 0.25) is 0 Å². The first-order chi connectivity index (χ1) is 5.58. The highest BCUT2D eigenvalue weighted by atomic mass is 79.9. The maximum atomic E-state index is 11.3. The number of rotatable bonds is 6. The molecule has 0 saturated carbocycles. The van der Waals surface area contributed by atoms with Gasteiger partial charge < -0.3 is 0 Å². The number of hydrogen-bond donors (Lipinski definition) is 1. The molecule has 0 amide bonds. The average Bonchev–Trinajstić information content (AvgIpc) is 2.03. The smallest absolute Gasteiger partial charge is 0.201 e. The third-order valence-corrected chi connectivity index (χ3v) is 3.59. The van der Waals surface area contributed by atoms with Crippen molar-refractivity contribution in [2.24, 2.45) is 0 Å². The van der Waals surface area contributed by atoms with Gasteiger partial charge in [0, 0.05) is 25.0 Å². The highest BCUT2D eigenvalue weighted by Gasteiger charge is 2.16. The summed E-state index contributed by atoms with van der Waals surface area (Å²) in [5.74, 6) is 0. The van der Waals surface area contributed by atoms with Crippen molar-refractivity contribution in [3.8, 4) is 0 Å². The predicted molar refractivity (Wildman–Crippen MR) is 53.6 cm³/mol. The fraction of sp³-hybridized carbons (Fsp3) is 1.00. The number of halogens is 1. The molecule has 6 heteroatoms. The molecule has 0 aromatic rings. The topological polar surface area (TPSA) is 49.4 Å². The van der Waals surface area contributed by atoms with Gasteiger partial charge in [-0.2, -0.15) is 12.7 Å². The molecule has 12 heavy (non-hydrogen) atoms. The Hall–Kier alpha value is 0.350. The molecule has 0 aliphatic carbocycles. The van der Waals surface area contributed by atoms with E-state index in [0.717, 1.165) is 0 Å². The lowest BCUT2D eigenvalue weighted by Gasteiger charge is -2.18. The van der Waals surface area contributed by atoms with Gasteiger partial charge in [-0.25, -0.2) is 4.72 Å². The number of alkyl halides is 1. The van der Waals surface area contributed by atoms with Crippen molar-refractivity contribution in [3.05, 3.63) is 0 Å². The van der Waals surface area contributed by atoms with Gasteiger partial charge >= 0.3 is 0 Å². The standard InChI is InChI=1S/C6H15BrN2O2S/c1-3-9(4-2)12(10,11)8-6-5-7/h8H,3-6H2,1-2H3. The molecule has 0 fully saturated rings. The molecule has 0 aromatic carbocycles. The SMILES string of the molecule is CCN(CC)S(=O)(=O)NCCBr. The monoisotopic (exact) mass is 258 g/mol. The van der Waals surface area contributed by atoms with Crippen LogP contribution in [0.1, 0.15) is 13.8 Å². The molecule has 1 N–H and O–H groups in total. The van der Waals surface area contributed by atoms with E-state index in [2.05, 4.69) is 20.7 Å². The van der Waals surface area contributed by atoms with Crippen LogP contribution >= 0.6 is 15.9 Å². The van der Waals surface area contributed by atoms with E-state index in [1.54, 1.807) is 0 Å². The number of nitrogens with one attached hydrogen (secondary N) is 1. The van der Waals surface area contributed by atoms with Crippen LogP contribution in [-0.2, 0) is 10.2 Å². The zero-order valence-corrected chi connectivity index (χ0v) is 9.78. The first-order valence-electron chi connectivity index (χ1n) is 3.89. The lowest BCUT2D eigenvalue weighted by molar-refractivity contribution is 0.436. The fourth-order valence-corrected chi connectivity index (χ4v) is 2.51. The molecule has 0 saturated heterocycles. The van der Waals surface area contributed by atoms with Gasteiger partial charge in [-0.05, 0) is 0 Å². The third-order valence-electron chi connectivity index (χ3n) is 1.42. The summed E-state index contributed by atoms with van der Waals surface area (Å²) in [6.07, 6.45) is 0. The Balaban J connectivity index is 4.17. The first-order valence-corrected chi connectivity index (χ1v) is 6.45. The quantitative estimate of drug-likeness (QED) is 0.708. The Kier molecular flexibility index (Phi) is 6.08. The average molecular weight is 259 g/mol. The Morgan fingerprint density at radius 3 is 2.17 bits per heavy atom. The zero-order valence-electron chi connectivity index (χ0n) is 7.38. The summed E-state index contributed by atoms with van der Waals surface area (Å²) in [6, 6.07) is 0. The Morgan fingerprint density at radius 2 is 1.83 bits per heavy atom. The minimum absolute atomic E-state index is 0.429. The summed E-state index contributed by atoms with van der Waals surface area (Å²) in [5, 5.41) is 0.632. The van der Waals surface area contributed by atoms with Crippen LogP contribution in [0.3, 0.4) is 0 Å². The minimum Gasteiger partial charge on any atom is -0.201 e. The van der Waals surface area contributed by atoms with E-state index in [1.807, 2.05) is 13.8 Å². The first kappa shape index (κ1) is 12.3. The van der Waals surface area contributed by atoms with Crippen molar-refractivity contribution in [2.45, 2.75) is 13.8 Å². The van der Waals surface area contributed by atoms with Crippen molar-refractivity contribution in [2.75, 3.05) is 25.0 Å². The summed E-state index contributed by atoms with van der Waals surface area (Å²) in [5.41, 5.74) is 0. The molecule has 0 bridgehead atoms. The van der Waals surface area contributed by atoms with Crippen molar-refractivity contribution in [1.29, 1.82) is 0 Å². The highest BCUT2D eigenvalue weighted by Crippen LogP contribution is 1.95. The van der Waals surface area contributed by atoms with E-state index in [9.17, 15) is 8.42 Å². The van der Waals surface area contributed by atoms with E-state index in [0.29, 0.717) is 25.0 Å². The molecule has 0 aliphatic heterocycles. The molecule has 0 heterocycles. The van der Waals surface area contributed by atoms with Gasteiger partial charge in [-0.1, -0.05) is 29.8 Å². The highest BCUT2D eigenvalue weighted by molar-refractivity contribution is 9.09. The molecule has 0 atom stereocenters.